The Kier molecular flexibility index (Phi) is 6.28. The second-order valence-electron chi connectivity index (χ2n) is 4.05. The Morgan fingerprint density at radius 3 is 2.38 bits per heavy atom. The summed E-state index contributed by atoms with van der Waals surface area (Å²) in [7, 11) is -3.70. The first kappa shape index (κ1) is 17.1. The van der Waals surface area contributed by atoms with Crippen LogP contribution in [0.2, 0.25) is 0 Å². The number of anilines is 1. The van der Waals surface area contributed by atoms with Crippen LogP contribution in [0.3, 0.4) is 0 Å². The molecule has 9 heteroatoms. The minimum atomic E-state index is -3.70. The van der Waals surface area contributed by atoms with Gasteiger partial charge in [-0.1, -0.05) is 0 Å². The number of sulfonamides is 1. The van der Waals surface area contributed by atoms with E-state index in [2.05, 4.69) is 10.0 Å². The van der Waals surface area contributed by atoms with Crippen LogP contribution in [0.15, 0.2) is 29.2 Å². The summed E-state index contributed by atoms with van der Waals surface area (Å²) in [4.78, 5) is 21.1. The number of ether oxygens (including phenoxy) is 1. The highest BCUT2D eigenvalue weighted by atomic mass is 32.2. The van der Waals surface area contributed by atoms with Crippen LogP contribution in [0, 0.1) is 0 Å². The molecule has 116 valence electrons. The van der Waals surface area contributed by atoms with Crippen LogP contribution in [0.1, 0.15) is 6.92 Å². The number of hydrogen-bond donors (Lipinski definition) is 3. The Bertz CT molecular complexity index is 597. The molecule has 0 aliphatic carbocycles. The highest BCUT2D eigenvalue weighted by Crippen LogP contribution is 2.13. The molecule has 0 aliphatic rings. The molecule has 1 amide bonds. The Morgan fingerprint density at radius 2 is 1.86 bits per heavy atom. The van der Waals surface area contributed by atoms with E-state index < -0.39 is 22.6 Å². The molecular weight excluding hydrogens is 300 g/mol. The van der Waals surface area contributed by atoms with Gasteiger partial charge in [-0.15, -0.1) is 0 Å². The van der Waals surface area contributed by atoms with Gasteiger partial charge in [0.15, 0.2) is 0 Å². The van der Waals surface area contributed by atoms with E-state index in [1.807, 2.05) is 0 Å². The van der Waals surface area contributed by atoms with E-state index in [0.717, 1.165) is 0 Å². The van der Waals surface area contributed by atoms with Gasteiger partial charge in [0.05, 0.1) is 11.5 Å². The van der Waals surface area contributed by atoms with E-state index in [9.17, 15) is 18.0 Å². The van der Waals surface area contributed by atoms with E-state index >= 15 is 0 Å². The zero-order valence-corrected chi connectivity index (χ0v) is 12.1. The number of amides is 1. The van der Waals surface area contributed by atoms with Crippen LogP contribution in [-0.2, 0) is 24.3 Å². The van der Waals surface area contributed by atoms with E-state index in [4.69, 9.17) is 9.84 Å². The van der Waals surface area contributed by atoms with Crippen molar-refractivity contribution in [3.63, 3.8) is 0 Å². The van der Waals surface area contributed by atoms with E-state index in [1.165, 1.54) is 31.2 Å². The number of benzene rings is 1. The smallest absolute Gasteiger partial charge is 0.329 e. The lowest BCUT2D eigenvalue weighted by molar-refractivity contribution is -0.142. The summed E-state index contributed by atoms with van der Waals surface area (Å²) in [5.41, 5.74) is 0.492. The summed E-state index contributed by atoms with van der Waals surface area (Å²) in [6, 6.07) is 5.64. The molecule has 21 heavy (non-hydrogen) atoms. The first-order valence-corrected chi connectivity index (χ1v) is 7.46. The molecule has 0 saturated carbocycles. The lowest BCUT2D eigenvalue weighted by atomic mass is 10.3. The second-order valence-corrected chi connectivity index (χ2v) is 5.82. The number of carboxylic acids is 1. The first-order chi connectivity index (χ1) is 9.81. The average Bonchev–Trinajstić information content (AvgIpc) is 2.37. The monoisotopic (exact) mass is 316 g/mol. The summed E-state index contributed by atoms with van der Waals surface area (Å²) < 4.78 is 30.8. The Hall–Kier alpha value is -1.97. The van der Waals surface area contributed by atoms with E-state index in [1.54, 1.807) is 0 Å². The van der Waals surface area contributed by atoms with Gasteiger partial charge in [0.25, 0.3) is 0 Å². The number of rotatable bonds is 8. The third-order valence-corrected chi connectivity index (χ3v) is 3.73. The van der Waals surface area contributed by atoms with Crippen LogP contribution in [0.4, 0.5) is 5.69 Å². The number of nitrogens with one attached hydrogen (secondary N) is 2. The van der Waals surface area contributed by atoms with Crippen molar-refractivity contribution in [3.05, 3.63) is 24.3 Å². The zero-order valence-electron chi connectivity index (χ0n) is 11.3. The molecule has 1 rings (SSSR count). The molecule has 0 bridgehead atoms. The fourth-order valence-electron chi connectivity index (χ4n) is 1.41. The van der Waals surface area contributed by atoms with Gasteiger partial charge in [-0.25, -0.2) is 17.9 Å². The average molecular weight is 316 g/mol. The molecular formula is C12H16N2O6S. The summed E-state index contributed by atoms with van der Waals surface area (Å²) >= 11 is 0. The molecule has 1 aromatic rings. The minimum Gasteiger partial charge on any atom is -0.480 e. The number of carbonyl (C=O) groups excluding carboxylic acids is 1. The summed E-state index contributed by atoms with van der Waals surface area (Å²) in [5.74, 6) is -1.37. The first-order valence-electron chi connectivity index (χ1n) is 5.98. The standard InChI is InChI=1S/C12H16N2O6S/c1-9(15)14-10-2-4-11(5-3-10)21(18,19)13-6-7-20-8-12(16)17/h2-5,13H,6-8H2,1H3,(H,14,15)(H,16,17). The molecule has 0 saturated heterocycles. The Balaban J connectivity index is 2.54. The third-order valence-electron chi connectivity index (χ3n) is 2.25. The van der Waals surface area contributed by atoms with Crippen LogP contribution in [-0.4, -0.2) is 45.2 Å². The molecule has 0 heterocycles. The summed E-state index contributed by atoms with van der Waals surface area (Å²) in [6.45, 7) is 0.787. The molecule has 0 unspecified atom stereocenters. The Morgan fingerprint density at radius 1 is 1.24 bits per heavy atom. The lowest BCUT2D eigenvalue weighted by Gasteiger charge is -2.08. The quantitative estimate of drug-likeness (QED) is 0.581. The third kappa shape index (κ3) is 6.34. The number of carbonyl (C=O) groups is 2. The second kappa shape index (κ2) is 7.72. The van der Waals surface area contributed by atoms with E-state index in [0.29, 0.717) is 5.69 Å². The minimum absolute atomic E-state index is 0.0369. The van der Waals surface area contributed by atoms with Gasteiger partial charge >= 0.3 is 5.97 Å². The van der Waals surface area contributed by atoms with E-state index in [-0.39, 0.29) is 24.0 Å². The predicted octanol–water partition coefficient (Wildman–Crippen LogP) is 0.0245. The fraction of sp³-hybridized carbons (Fsp3) is 0.333. The maximum Gasteiger partial charge on any atom is 0.329 e. The van der Waals surface area contributed by atoms with Crippen molar-refractivity contribution in [2.24, 2.45) is 0 Å². The molecule has 0 fully saturated rings. The van der Waals surface area contributed by atoms with Gasteiger partial charge in [0, 0.05) is 19.2 Å². The number of carboxylic acid groups (broad SMARTS) is 1. The maximum absolute atomic E-state index is 11.9. The molecule has 0 aliphatic heterocycles. The summed E-state index contributed by atoms with van der Waals surface area (Å²) in [6.07, 6.45) is 0. The lowest BCUT2D eigenvalue weighted by Crippen LogP contribution is -2.28. The van der Waals surface area contributed by atoms with Crippen LogP contribution in [0.5, 0.6) is 0 Å². The topological polar surface area (TPSA) is 122 Å². The molecule has 0 atom stereocenters. The number of aliphatic carboxylic acids is 1. The Labute approximate surface area is 122 Å². The van der Waals surface area contributed by atoms with Gasteiger partial charge < -0.3 is 15.2 Å². The van der Waals surface area contributed by atoms with Gasteiger partial charge in [-0.2, -0.15) is 0 Å². The van der Waals surface area contributed by atoms with Gasteiger partial charge in [-0.3, -0.25) is 4.79 Å². The van der Waals surface area contributed by atoms with Crippen molar-refractivity contribution in [3.8, 4) is 0 Å². The maximum atomic E-state index is 11.9. The van der Waals surface area contributed by atoms with Crippen LogP contribution in [0.25, 0.3) is 0 Å². The number of hydrogen-bond acceptors (Lipinski definition) is 5. The van der Waals surface area contributed by atoms with Crippen molar-refractivity contribution >= 4 is 27.6 Å². The van der Waals surface area contributed by atoms with Crippen molar-refractivity contribution in [1.29, 1.82) is 0 Å². The molecule has 8 nitrogen and oxygen atoms in total. The molecule has 3 N–H and O–H groups in total. The predicted molar refractivity (Wildman–Crippen MR) is 74.4 cm³/mol. The molecule has 0 radical (unpaired) electrons. The van der Waals surface area contributed by atoms with Gasteiger partial charge in [-0.05, 0) is 24.3 Å². The fourth-order valence-corrected chi connectivity index (χ4v) is 2.42. The van der Waals surface area contributed by atoms with Gasteiger partial charge in [0.2, 0.25) is 15.9 Å². The van der Waals surface area contributed by atoms with Crippen LogP contribution < -0.4 is 10.0 Å². The zero-order chi connectivity index (χ0) is 15.9. The molecule has 0 aromatic heterocycles. The van der Waals surface area contributed by atoms with Crippen molar-refractivity contribution in [2.45, 2.75) is 11.8 Å². The normalized spacial score (nSPS) is 11.1. The summed E-state index contributed by atoms with van der Waals surface area (Å²) in [5, 5.41) is 10.9. The largest absolute Gasteiger partial charge is 0.480 e. The molecule has 1 aromatic carbocycles. The van der Waals surface area contributed by atoms with Crippen molar-refractivity contribution < 1.29 is 27.9 Å². The van der Waals surface area contributed by atoms with Crippen molar-refractivity contribution in [1.82, 2.24) is 4.72 Å². The van der Waals surface area contributed by atoms with Crippen molar-refractivity contribution in [2.75, 3.05) is 25.1 Å². The van der Waals surface area contributed by atoms with Crippen LogP contribution >= 0.6 is 0 Å². The highest BCUT2D eigenvalue weighted by molar-refractivity contribution is 7.89. The highest BCUT2D eigenvalue weighted by Gasteiger charge is 2.13. The SMILES string of the molecule is CC(=O)Nc1ccc(S(=O)(=O)NCCOCC(=O)O)cc1. The molecule has 0 spiro atoms. The van der Waals surface area contributed by atoms with Gasteiger partial charge in [0.1, 0.15) is 6.61 Å².